The van der Waals surface area contributed by atoms with Gasteiger partial charge in [-0.1, -0.05) is 11.6 Å². The molecule has 4 aromatic rings. The lowest BCUT2D eigenvalue weighted by Gasteiger charge is -2.31. The monoisotopic (exact) mass is 758 g/mol. The number of ether oxygens (including phenoxy) is 1. The zero-order chi connectivity index (χ0) is 37.7. The third-order valence-corrected chi connectivity index (χ3v) is 8.94. The van der Waals surface area contributed by atoms with E-state index in [1.807, 2.05) is 6.07 Å². The number of aldehydes is 1. The highest BCUT2D eigenvalue weighted by Gasteiger charge is 2.30. The van der Waals surface area contributed by atoms with E-state index >= 15 is 4.39 Å². The van der Waals surface area contributed by atoms with E-state index in [2.05, 4.69) is 25.1 Å². The quantitative estimate of drug-likeness (QED) is 0.0441. The minimum Gasteiger partial charge on any atom is -0.491 e. The molecule has 0 radical (unpaired) electrons. The highest BCUT2D eigenvalue weighted by Crippen LogP contribution is 2.39. The van der Waals surface area contributed by atoms with Crippen LogP contribution in [0, 0.1) is 23.3 Å². The summed E-state index contributed by atoms with van der Waals surface area (Å²) in [6.07, 6.45) is 5.31. The van der Waals surface area contributed by atoms with E-state index in [-0.39, 0.29) is 41.5 Å². The predicted octanol–water partition coefficient (Wildman–Crippen LogP) is 6.41. The minimum atomic E-state index is -1.30. The molecule has 1 aliphatic rings. The predicted molar refractivity (Wildman–Crippen MR) is 195 cm³/mol. The summed E-state index contributed by atoms with van der Waals surface area (Å²) in [6, 6.07) is 7.28. The summed E-state index contributed by atoms with van der Waals surface area (Å²) in [5.41, 5.74) is 7.13. The number of likely N-dealkylation sites (N-methyl/N-ethyl adjacent to an activating group) is 1. The number of carbonyl (C=O) groups excluding carboxylic acids is 2. The van der Waals surface area contributed by atoms with Gasteiger partial charge in [-0.15, -0.1) is 0 Å². The number of benzene rings is 3. The van der Waals surface area contributed by atoms with Crippen molar-refractivity contribution in [1.82, 2.24) is 15.1 Å². The van der Waals surface area contributed by atoms with Gasteiger partial charge < -0.3 is 26.0 Å². The highest BCUT2D eigenvalue weighted by atomic mass is 35.5. The van der Waals surface area contributed by atoms with Crippen molar-refractivity contribution in [3.8, 4) is 5.75 Å². The lowest BCUT2D eigenvalue weighted by Crippen LogP contribution is -2.50. The number of nitrogens with one attached hydrogen (secondary N) is 2. The van der Waals surface area contributed by atoms with Crippen molar-refractivity contribution in [2.45, 2.75) is 37.8 Å². The Balaban J connectivity index is 1.72. The molecule has 0 spiro atoms. The van der Waals surface area contributed by atoms with Crippen molar-refractivity contribution in [2.24, 2.45) is 15.1 Å². The number of rotatable bonds is 14. The van der Waals surface area contributed by atoms with Gasteiger partial charge in [0.15, 0.2) is 23.7 Å². The molecule has 3 aromatic carbocycles. The van der Waals surface area contributed by atoms with Crippen molar-refractivity contribution in [3.05, 3.63) is 99.3 Å². The fourth-order valence-corrected chi connectivity index (χ4v) is 6.28. The second-order valence-corrected chi connectivity index (χ2v) is 12.8. The van der Waals surface area contributed by atoms with E-state index in [4.69, 9.17) is 22.1 Å². The number of hydrogen-bond acceptors (Lipinski definition) is 8. The number of methoxy groups -OCH3 is 1. The zero-order valence-corrected chi connectivity index (χ0v) is 30.1. The first-order chi connectivity index (χ1) is 24.9. The normalized spacial score (nSPS) is 13.9. The van der Waals surface area contributed by atoms with Crippen LogP contribution in [0.15, 0.2) is 58.1 Å². The Labute approximate surface area is 306 Å². The Morgan fingerprint density at radius 1 is 1.19 bits per heavy atom. The number of nitrogens with two attached hydrogens (primary N) is 1. The number of aromatic nitrogens is 2. The summed E-state index contributed by atoms with van der Waals surface area (Å²) < 4.78 is 70.3. The van der Waals surface area contributed by atoms with Gasteiger partial charge >= 0.3 is 0 Å². The molecule has 5 rings (SSSR count). The SMILES string of the molecule is CNc1c(N(C)C(=Nc2c(C=O)cc(F)c(OC)c2F)C(Cc2cc(F)cc(F)c2)NC(=O)Cn2ccc(C3CC3)n2)ccc(Cl)c1/C(N)=N/SC. The highest BCUT2D eigenvalue weighted by molar-refractivity contribution is 7.97. The summed E-state index contributed by atoms with van der Waals surface area (Å²) in [6.45, 7) is -0.245. The average Bonchev–Trinajstić information content (AvgIpc) is 3.84. The first-order valence-corrected chi connectivity index (χ1v) is 17.4. The summed E-state index contributed by atoms with van der Waals surface area (Å²) in [5, 5.41) is 10.6. The molecule has 17 heteroatoms. The standard InChI is InChI=1S/C35H35ClF4N8O3S/c1-42-32-27(8-7-23(36)29(32)34(41)46-52-4)47(2)35(44-31-20(17-49)14-24(39)33(51-3)30(31)40)26(13-18-11-21(37)15-22(38)12-18)43-28(50)16-48-10-9-25(45-48)19-5-6-19/h7-12,14-15,17,19,26,42H,5-6,13,16H2,1-4H3,(H2,41,46)(H,43,50). The van der Waals surface area contributed by atoms with Gasteiger partial charge in [0.2, 0.25) is 5.91 Å². The molecule has 0 saturated heterocycles. The third-order valence-electron chi connectivity index (χ3n) is 8.24. The van der Waals surface area contributed by atoms with Crippen molar-refractivity contribution in [1.29, 1.82) is 0 Å². The average molecular weight is 759 g/mol. The molecule has 274 valence electrons. The zero-order valence-electron chi connectivity index (χ0n) is 28.5. The molecular weight excluding hydrogens is 724 g/mol. The maximum Gasteiger partial charge on any atom is 0.242 e. The van der Waals surface area contributed by atoms with Crippen LogP contribution in [0.3, 0.4) is 0 Å². The number of amidine groups is 2. The second kappa shape index (κ2) is 16.5. The fraction of sp³-hybridized carbons (Fsp3) is 0.286. The van der Waals surface area contributed by atoms with Gasteiger partial charge in [0.1, 0.15) is 35.5 Å². The van der Waals surface area contributed by atoms with Crippen LogP contribution in [0.1, 0.15) is 45.9 Å². The van der Waals surface area contributed by atoms with Gasteiger partial charge in [0.05, 0.1) is 40.8 Å². The molecule has 0 bridgehead atoms. The van der Waals surface area contributed by atoms with Crippen LogP contribution in [-0.2, 0) is 17.8 Å². The molecule has 0 aliphatic heterocycles. The van der Waals surface area contributed by atoms with Gasteiger partial charge in [-0.25, -0.2) is 22.6 Å². The molecule has 1 aromatic heterocycles. The Bertz CT molecular complexity index is 2040. The van der Waals surface area contributed by atoms with Gasteiger partial charge in [-0.2, -0.15) is 9.50 Å². The maximum absolute atomic E-state index is 16.0. The number of carbonyl (C=O) groups is 2. The topological polar surface area (TPSA) is 139 Å². The van der Waals surface area contributed by atoms with E-state index in [0.717, 1.165) is 55.8 Å². The third kappa shape index (κ3) is 8.50. The van der Waals surface area contributed by atoms with E-state index in [9.17, 15) is 22.8 Å². The number of hydrogen-bond donors (Lipinski definition) is 3. The molecule has 52 heavy (non-hydrogen) atoms. The van der Waals surface area contributed by atoms with E-state index < -0.39 is 52.2 Å². The van der Waals surface area contributed by atoms with E-state index in [1.54, 1.807) is 25.6 Å². The summed E-state index contributed by atoms with van der Waals surface area (Å²) >= 11 is 7.66. The lowest BCUT2D eigenvalue weighted by molar-refractivity contribution is -0.122. The Kier molecular flexibility index (Phi) is 12.1. The van der Waals surface area contributed by atoms with Crippen molar-refractivity contribution in [2.75, 3.05) is 37.7 Å². The Hall–Kier alpha value is -5.09. The van der Waals surface area contributed by atoms with Crippen molar-refractivity contribution in [3.63, 3.8) is 0 Å². The summed E-state index contributed by atoms with van der Waals surface area (Å²) in [5.74, 6) is -5.33. The molecule has 4 N–H and O–H groups in total. The van der Waals surface area contributed by atoms with Gasteiger partial charge in [0, 0.05) is 50.5 Å². The first kappa shape index (κ1) is 38.1. The summed E-state index contributed by atoms with van der Waals surface area (Å²) in [4.78, 5) is 31.9. The summed E-state index contributed by atoms with van der Waals surface area (Å²) in [7, 11) is 4.16. The molecule has 1 heterocycles. The molecule has 1 amide bonds. The van der Waals surface area contributed by atoms with Gasteiger partial charge in [-0.3, -0.25) is 14.3 Å². The number of amides is 1. The molecular formula is C35H35ClF4N8O3S. The molecule has 1 atom stereocenters. The number of aliphatic imine (C=N–C) groups is 1. The van der Waals surface area contributed by atoms with Crippen LogP contribution < -0.4 is 26.0 Å². The largest absolute Gasteiger partial charge is 0.491 e. The Morgan fingerprint density at radius 3 is 2.52 bits per heavy atom. The van der Waals surface area contributed by atoms with Crippen molar-refractivity contribution < 1.29 is 31.9 Å². The minimum absolute atomic E-state index is 0.0676. The van der Waals surface area contributed by atoms with Crippen LogP contribution in [0.2, 0.25) is 5.02 Å². The van der Waals surface area contributed by atoms with E-state index in [0.29, 0.717) is 28.9 Å². The molecule has 1 unspecified atom stereocenters. The molecule has 11 nitrogen and oxygen atoms in total. The number of halogens is 5. The van der Waals surface area contributed by atoms with Crippen LogP contribution in [0.5, 0.6) is 5.75 Å². The number of nitrogens with zero attached hydrogens (tertiary/aromatic N) is 5. The van der Waals surface area contributed by atoms with Crippen LogP contribution in [0.25, 0.3) is 0 Å². The lowest BCUT2D eigenvalue weighted by atomic mass is 10.0. The van der Waals surface area contributed by atoms with Crippen LogP contribution >= 0.6 is 23.5 Å². The molecule has 1 saturated carbocycles. The Morgan fingerprint density at radius 2 is 1.90 bits per heavy atom. The van der Waals surface area contributed by atoms with E-state index in [1.165, 1.54) is 22.7 Å². The molecule has 1 aliphatic carbocycles. The molecule has 1 fully saturated rings. The van der Waals surface area contributed by atoms with Crippen molar-refractivity contribution >= 4 is 64.5 Å². The fourth-order valence-electron chi connectivity index (χ4n) is 5.74. The maximum atomic E-state index is 16.0. The van der Waals surface area contributed by atoms with Gasteiger partial charge in [0.25, 0.3) is 0 Å². The smallest absolute Gasteiger partial charge is 0.242 e. The van der Waals surface area contributed by atoms with Crippen LogP contribution in [-0.4, -0.2) is 67.1 Å². The second-order valence-electron chi connectivity index (χ2n) is 11.8. The number of anilines is 2. The van der Waals surface area contributed by atoms with Crippen LogP contribution in [0.4, 0.5) is 34.6 Å². The first-order valence-electron chi connectivity index (χ1n) is 15.9. The van der Waals surface area contributed by atoms with Gasteiger partial charge in [-0.05, 0) is 66.8 Å².